The standard InChI is InChI=1S/C10H10NOS/c12-10-7-13-8-11(10)6-9-4-2-1-3-5-9/h1-5,8H,6-7H2/q+1. The van der Waals surface area contributed by atoms with Gasteiger partial charge in [-0.3, -0.25) is 0 Å². The summed E-state index contributed by atoms with van der Waals surface area (Å²) in [4.78, 5) is 11.3. The first kappa shape index (κ1) is 8.51. The molecule has 0 saturated carbocycles. The summed E-state index contributed by atoms with van der Waals surface area (Å²) in [6.07, 6.45) is 0. The molecule has 0 fully saturated rings. The Morgan fingerprint density at radius 2 is 2.08 bits per heavy atom. The number of thioether (sulfide) groups is 1. The third-order valence-corrected chi connectivity index (χ3v) is 2.74. The predicted molar refractivity (Wildman–Crippen MR) is 53.9 cm³/mol. The largest absolute Gasteiger partial charge is 0.398 e. The lowest BCUT2D eigenvalue weighted by Gasteiger charge is -1.95. The van der Waals surface area contributed by atoms with Crippen molar-refractivity contribution in [2.75, 3.05) is 5.75 Å². The second kappa shape index (κ2) is 3.75. The van der Waals surface area contributed by atoms with E-state index in [0.29, 0.717) is 12.3 Å². The molecule has 1 heterocycles. The zero-order valence-corrected chi connectivity index (χ0v) is 7.96. The molecule has 0 saturated heterocycles. The quantitative estimate of drug-likeness (QED) is 0.662. The Morgan fingerprint density at radius 1 is 1.31 bits per heavy atom. The van der Waals surface area contributed by atoms with Crippen LogP contribution in [-0.4, -0.2) is 21.8 Å². The van der Waals surface area contributed by atoms with E-state index in [1.165, 1.54) is 5.56 Å². The Hall–Kier alpha value is -1.09. The van der Waals surface area contributed by atoms with E-state index in [4.69, 9.17) is 0 Å². The zero-order valence-electron chi connectivity index (χ0n) is 7.14. The molecule has 0 bridgehead atoms. The van der Waals surface area contributed by atoms with E-state index in [-0.39, 0.29) is 5.91 Å². The van der Waals surface area contributed by atoms with Gasteiger partial charge in [-0.05, 0) is 0 Å². The molecule has 0 spiro atoms. The summed E-state index contributed by atoms with van der Waals surface area (Å²) in [5.74, 6) is 0.793. The molecule has 1 amide bonds. The topological polar surface area (TPSA) is 20.1 Å². The molecule has 1 aromatic carbocycles. The van der Waals surface area contributed by atoms with Crippen LogP contribution < -0.4 is 0 Å². The van der Waals surface area contributed by atoms with Crippen molar-refractivity contribution in [1.82, 2.24) is 0 Å². The highest BCUT2D eigenvalue weighted by molar-refractivity contribution is 8.12. The third-order valence-electron chi connectivity index (χ3n) is 1.92. The molecule has 2 nitrogen and oxygen atoms in total. The van der Waals surface area contributed by atoms with Crippen molar-refractivity contribution in [3.05, 3.63) is 35.9 Å². The molecule has 1 aliphatic rings. The summed E-state index contributed by atoms with van der Waals surface area (Å²) < 4.78 is 1.76. The Labute approximate surface area is 81.3 Å². The van der Waals surface area contributed by atoms with Crippen LogP contribution in [0.5, 0.6) is 0 Å². The third kappa shape index (κ3) is 1.98. The van der Waals surface area contributed by atoms with Gasteiger partial charge in [0.05, 0.1) is 0 Å². The molecule has 0 aliphatic carbocycles. The van der Waals surface area contributed by atoms with Crippen LogP contribution in [0.4, 0.5) is 0 Å². The van der Waals surface area contributed by atoms with Gasteiger partial charge < -0.3 is 0 Å². The lowest BCUT2D eigenvalue weighted by Crippen LogP contribution is -2.16. The van der Waals surface area contributed by atoms with Gasteiger partial charge in [0.1, 0.15) is 5.75 Å². The van der Waals surface area contributed by atoms with Gasteiger partial charge in [0.2, 0.25) is 5.55 Å². The molecule has 1 aliphatic heterocycles. The fourth-order valence-corrected chi connectivity index (χ4v) is 2.00. The summed E-state index contributed by atoms with van der Waals surface area (Å²) in [6, 6.07) is 10.0. The van der Waals surface area contributed by atoms with Gasteiger partial charge in [-0.15, -0.1) is 0 Å². The minimum absolute atomic E-state index is 0.203. The number of rotatable bonds is 2. The molecule has 0 N–H and O–H groups in total. The Bertz CT molecular complexity index is 345. The maximum Gasteiger partial charge on any atom is 0.398 e. The molecule has 1 aromatic rings. The van der Waals surface area contributed by atoms with E-state index < -0.39 is 0 Å². The van der Waals surface area contributed by atoms with Gasteiger partial charge in [0.15, 0.2) is 6.54 Å². The average Bonchev–Trinajstić information content (AvgIpc) is 2.54. The number of benzene rings is 1. The van der Waals surface area contributed by atoms with Crippen molar-refractivity contribution in [2.45, 2.75) is 6.54 Å². The smallest absolute Gasteiger partial charge is 0.219 e. The van der Waals surface area contributed by atoms with E-state index in [0.717, 1.165) is 0 Å². The summed E-state index contributed by atoms with van der Waals surface area (Å²) in [6.45, 7) is 0.701. The second-order valence-electron chi connectivity index (χ2n) is 2.92. The van der Waals surface area contributed by atoms with E-state index in [1.54, 1.807) is 16.3 Å². The number of carbonyl (C=O) groups excluding carboxylic acids is 1. The summed E-state index contributed by atoms with van der Waals surface area (Å²) in [7, 11) is 0. The van der Waals surface area contributed by atoms with Gasteiger partial charge in [-0.2, -0.15) is 4.58 Å². The molecule has 0 aromatic heterocycles. The number of hydrogen-bond donors (Lipinski definition) is 0. The van der Waals surface area contributed by atoms with Crippen LogP contribution in [0.15, 0.2) is 30.3 Å². The summed E-state index contributed by atoms with van der Waals surface area (Å²) in [5, 5.41) is 0. The van der Waals surface area contributed by atoms with Crippen molar-refractivity contribution < 1.29 is 9.37 Å². The van der Waals surface area contributed by atoms with Crippen LogP contribution in [0.2, 0.25) is 0 Å². The Kier molecular flexibility index (Phi) is 2.45. The van der Waals surface area contributed by atoms with Crippen molar-refractivity contribution in [3.8, 4) is 0 Å². The number of nitrogens with zero attached hydrogens (tertiary/aromatic N) is 1. The van der Waals surface area contributed by atoms with E-state index in [9.17, 15) is 4.79 Å². The Morgan fingerprint density at radius 3 is 2.69 bits per heavy atom. The molecule has 0 unspecified atom stereocenters. The van der Waals surface area contributed by atoms with Gasteiger partial charge in [-0.25, -0.2) is 4.79 Å². The van der Waals surface area contributed by atoms with Gasteiger partial charge in [0.25, 0.3) is 0 Å². The normalized spacial score (nSPS) is 16.0. The highest BCUT2D eigenvalue weighted by Crippen LogP contribution is 2.08. The fraction of sp³-hybridized carbons (Fsp3) is 0.200. The lowest BCUT2D eigenvalue weighted by atomic mass is 10.2. The number of carbonyl (C=O) groups is 1. The molecule has 66 valence electrons. The van der Waals surface area contributed by atoms with Crippen LogP contribution >= 0.6 is 11.8 Å². The molecule has 2 rings (SSSR count). The first-order valence-electron chi connectivity index (χ1n) is 4.14. The van der Waals surface area contributed by atoms with Crippen LogP contribution in [0.3, 0.4) is 0 Å². The minimum Gasteiger partial charge on any atom is -0.219 e. The lowest BCUT2D eigenvalue weighted by molar-refractivity contribution is -0.453. The summed E-state index contributed by atoms with van der Waals surface area (Å²) in [5.41, 5.74) is 3.07. The molecule has 0 radical (unpaired) electrons. The van der Waals surface area contributed by atoms with E-state index in [1.807, 2.05) is 35.9 Å². The molecular formula is C10H10NOS+. The molecule has 13 heavy (non-hydrogen) atoms. The highest BCUT2D eigenvalue weighted by atomic mass is 32.2. The van der Waals surface area contributed by atoms with Gasteiger partial charge in [0, 0.05) is 5.56 Å². The monoisotopic (exact) mass is 192 g/mol. The van der Waals surface area contributed by atoms with Crippen LogP contribution in [0, 0.1) is 0 Å². The van der Waals surface area contributed by atoms with Crippen LogP contribution in [0.25, 0.3) is 0 Å². The summed E-state index contributed by atoms with van der Waals surface area (Å²) >= 11 is 1.56. The number of amides is 1. The second-order valence-corrected chi connectivity index (χ2v) is 3.76. The van der Waals surface area contributed by atoms with Crippen molar-refractivity contribution >= 4 is 23.2 Å². The molecular weight excluding hydrogens is 182 g/mol. The highest BCUT2D eigenvalue weighted by Gasteiger charge is 2.23. The zero-order chi connectivity index (χ0) is 9.10. The van der Waals surface area contributed by atoms with Crippen molar-refractivity contribution in [2.24, 2.45) is 0 Å². The van der Waals surface area contributed by atoms with Crippen LogP contribution in [-0.2, 0) is 11.3 Å². The van der Waals surface area contributed by atoms with Gasteiger partial charge in [-0.1, -0.05) is 42.1 Å². The molecule has 0 atom stereocenters. The van der Waals surface area contributed by atoms with Crippen molar-refractivity contribution in [1.29, 1.82) is 0 Å². The van der Waals surface area contributed by atoms with Crippen molar-refractivity contribution in [3.63, 3.8) is 0 Å². The maximum atomic E-state index is 11.3. The average molecular weight is 192 g/mol. The molecule has 3 heteroatoms. The fourth-order valence-electron chi connectivity index (χ4n) is 1.25. The predicted octanol–water partition coefficient (Wildman–Crippen LogP) is 1.50. The van der Waals surface area contributed by atoms with Gasteiger partial charge >= 0.3 is 5.91 Å². The minimum atomic E-state index is 0.203. The van der Waals surface area contributed by atoms with E-state index in [2.05, 4.69) is 0 Å². The first-order chi connectivity index (χ1) is 6.36. The SMILES string of the molecule is O=C1CSC=[N+]1Cc1ccccc1. The first-order valence-corrected chi connectivity index (χ1v) is 5.19. The number of hydrogen-bond acceptors (Lipinski definition) is 2. The maximum absolute atomic E-state index is 11.3. The van der Waals surface area contributed by atoms with Crippen LogP contribution in [0.1, 0.15) is 5.56 Å². The van der Waals surface area contributed by atoms with E-state index >= 15 is 0 Å². The Balaban J connectivity index is 2.11.